The first-order valence-corrected chi connectivity index (χ1v) is 15.6. The van der Waals surface area contributed by atoms with E-state index in [1.807, 2.05) is 18.2 Å². The molecule has 2 unspecified atom stereocenters. The lowest BCUT2D eigenvalue weighted by atomic mass is 9.90. The fourth-order valence-electron chi connectivity index (χ4n) is 6.70. The molecule has 224 valence electrons. The molecule has 3 aromatic rings. The zero-order valence-electron chi connectivity index (χ0n) is 25.6. The summed E-state index contributed by atoms with van der Waals surface area (Å²) in [5.74, 6) is 1.59. The lowest BCUT2D eigenvalue weighted by Crippen LogP contribution is -2.36. The van der Waals surface area contributed by atoms with Crippen LogP contribution in [0.1, 0.15) is 67.0 Å². The first kappa shape index (κ1) is 29.9. The number of rotatable bonds is 8. The Morgan fingerprint density at radius 3 is 2.33 bits per heavy atom. The number of para-hydroxylation sites is 1. The number of morpholine rings is 1. The molecular weight excluding hydrogens is 524 g/mol. The Morgan fingerprint density at radius 2 is 1.69 bits per heavy atom. The van der Waals surface area contributed by atoms with Crippen molar-refractivity contribution < 1.29 is 14.3 Å². The van der Waals surface area contributed by atoms with Crippen molar-refractivity contribution in [2.24, 2.45) is 0 Å². The number of nitrogens with one attached hydrogen (secondary N) is 2. The summed E-state index contributed by atoms with van der Waals surface area (Å²) in [5.41, 5.74) is 10.0. The second-order valence-electron chi connectivity index (χ2n) is 11.3. The third-order valence-corrected chi connectivity index (χ3v) is 9.03. The van der Waals surface area contributed by atoms with Crippen molar-refractivity contribution in [3.63, 3.8) is 0 Å². The molecular formula is C35H46N4O3. The highest BCUT2D eigenvalue weighted by Crippen LogP contribution is 2.45. The van der Waals surface area contributed by atoms with Gasteiger partial charge in [0.25, 0.3) is 0 Å². The summed E-state index contributed by atoms with van der Waals surface area (Å²) >= 11 is 0. The second kappa shape index (κ2) is 14.1. The molecule has 0 aromatic heterocycles. The summed E-state index contributed by atoms with van der Waals surface area (Å²) in [7, 11) is 0. The van der Waals surface area contributed by atoms with Crippen LogP contribution < -0.4 is 20.3 Å². The van der Waals surface area contributed by atoms with Gasteiger partial charge in [-0.2, -0.15) is 0 Å². The summed E-state index contributed by atoms with van der Waals surface area (Å²) in [6, 6.07) is 20.4. The van der Waals surface area contributed by atoms with Gasteiger partial charge >= 0.3 is 0 Å². The van der Waals surface area contributed by atoms with Gasteiger partial charge in [-0.05, 0) is 84.7 Å². The van der Waals surface area contributed by atoms with Crippen LogP contribution in [-0.2, 0) is 22.4 Å². The van der Waals surface area contributed by atoms with Gasteiger partial charge in [-0.25, -0.2) is 0 Å². The lowest BCUT2D eigenvalue weighted by molar-refractivity contribution is -0.105. The minimum atomic E-state index is 0.482. The molecule has 0 saturated carbocycles. The summed E-state index contributed by atoms with van der Waals surface area (Å²) in [4.78, 5) is 15.4. The van der Waals surface area contributed by atoms with Crippen LogP contribution in [0.25, 0.3) is 0 Å². The molecule has 1 amide bonds. The number of likely N-dealkylation sites (tertiary alicyclic amines) is 1. The van der Waals surface area contributed by atoms with Gasteiger partial charge in [0.1, 0.15) is 5.75 Å². The Kier molecular flexibility index (Phi) is 10.0. The van der Waals surface area contributed by atoms with Crippen molar-refractivity contribution >= 4 is 23.5 Å². The van der Waals surface area contributed by atoms with Crippen LogP contribution >= 0.6 is 0 Å². The topological polar surface area (TPSA) is 66.1 Å². The molecule has 2 N–H and O–H groups in total. The number of fused-ring (bicyclic) bond motifs is 1. The number of carbonyl (C=O) groups excluding carboxylic acids is 1. The molecule has 0 aliphatic carbocycles. The molecule has 6 rings (SSSR count). The standard InChI is InChI=1S/C24H31N3O2.C11H15NO/c1-3-26-15-19(21-8-9-22-24(17(21)2)29-16-25-22)14-23(26)18-4-6-20(7-5-18)27-10-12-28-13-11-27;1-3-9-6-5-7-10(4-2)11(9)12-8-13/h4-9,19,23,25H,3,10-16H2,1-2H3;5-8H,3-4H2,1-2H3,(H,12,13). The fourth-order valence-corrected chi connectivity index (χ4v) is 6.70. The average Bonchev–Trinajstić information content (AvgIpc) is 3.70. The molecule has 0 spiro atoms. The smallest absolute Gasteiger partial charge is 0.211 e. The van der Waals surface area contributed by atoms with E-state index in [1.165, 1.54) is 33.5 Å². The SMILES string of the molecule is CCN1CC(c2ccc3c(c2C)OCN3)CC1c1ccc(N2CCOCC2)cc1.CCc1cccc(CC)c1NC=O. The van der Waals surface area contributed by atoms with Gasteiger partial charge in [-0.1, -0.05) is 57.2 Å². The van der Waals surface area contributed by atoms with Gasteiger partial charge in [0, 0.05) is 37.1 Å². The van der Waals surface area contributed by atoms with E-state index in [1.54, 1.807) is 0 Å². The molecule has 2 atom stereocenters. The molecule has 0 radical (unpaired) electrons. The summed E-state index contributed by atoms with van der Waals surface area (Å²) in [6.45, 7) is 15.1. The number of benzene rings is 3. The molecule has 42 heavy (non-hydrogen) atoms. The van der Waals surface area contributed by atoms with Gasteiger partial charge in [0.15, 0.2) is 6.73 Å². The second-order valence-corrected chi connectivity index (χ2v) is 11.3. The maximum absolute atomic E-state index is 10.4. The number of hydrogen-bond donors (Lipinski definition) is 2. The number of hydrogen-bond acceptors (Lipinski definition) is 6. The third-order valence-electron chi connectivity index (χ3n) is 9.03. The van der Waals surface area contributed by atoms with Crippen LogP contribution in [-0.4, -0.2) is 57.4 Å². The molecule has 3 aliphatic heterocycles. The van der Waals surface area contributed by atoms with Gasteiger partial charge < -0.3 is 25.0 Å². The predicted molar refractivity (Wildman–Crippen MR) is 172 cm³/mol. The molecule has 3 aliphatic rings. The van der Waals surface area contributed by atoms with E-state index in [0.29, 0.717) is 18.7 Å². The Hall–Kier alpha value is -3.55. The largest absolute Gasteiger partial charge is 0.471 e. The number of carbonyl (C=O) groups is 1. The van der Waals surface area contributed by atoms with Gasteiger partial charge in [0.2, 0.25) is 6.41 Å². The molecule has 7 nitrogen and oxygen atoms in total. The van der Waals surface area contributed by atoms with Crippen LogP contribution in [0, 0.1) is 6.92 Å². The van der Waals surface area contributed by atoms with Crippen molar-refractivity contribution in [1.29, 1.82) is 0 Å². The fraction of sp³-hybridized carbons (Fsp3) is 0.457. The highest BCUT2D eigenvalue weighted by Gasteiger charge is 2.34. The van der Waals surface area contributed by atoms with Crippen molar-refractivity contribution in [2.45, 2.75) is 58.9 Å². The summed E-state index contributed by atoms with van der Waals surface area (Å²) in [5, 5.41) is 6.07. The van der Waals surface area contributed by atoms with E-state index in [9.17, 15) is 4.79 Å². The molecule has 2 saturated heterocycles. The average molecular weight is 571 g/mol. The number of aryl methyl sites for hydroxylation is 2. The lowest BCUT2D eigenvalue weighted by Gasteiger charge is -2.29. The molecule has 2 fully saturated rings. The van der Waals surface area contributed by atoms with Crippen molar-refractivity contribution in [2.75, 3.05) is 61.7 Å². The monoisotopic (exact) mass is 570 g/mol. The molecule has 3 heterocycles. The van der Waals surface area contributed by atoms with Crippen molar-refractivity contribution in [3.8, 4) is 5.75 Å². The number of ether oxygens (including phenoxy) is 2. The van der Waals surface area contributed by atoms with Crippen LogP contribution in [0.15, 0.2) is 54.6 Å². The van der Waals surface area contributed by atoms with Crippen LogP contribution in [0.3, 0.4) is 0 Å². The van der Waals surface area contributed by atoms with Gasteiger partial charge in [0.05, 0.1) is 18.9 Å². The maximum Gasteiger partial charge on any atom is 0.211 e. The molecule has 7 heteroatoms. The highest BCUT2D eigenvalue weighted by atomic mass is 16.5. The quantitative estimate of drug-likeness (QED) is 0.301. The normalized spacial score (nSPS) is 19.8. The zero-order chi connectivity index (χ0) is 29.5. The summed E-state index contributed by atoms with van der Waals surface area (Å²) in [6.07, 6.45) is 3.81. The van der Waals surface area contributed by atoms with Crippen molar-refractivity contribution in [1.82, 2.24) is 4.90 Å². The van der Waals surface area contributed by atoms with Crippen LogP contribution in [0.4, 0.5) is 17.1 Å². The number of amides is 1. The van der Waals surface area contributed by atoms with E-state index in [4.69, 9.17) is 9.47 Å². The Labute approximate surface area is 251 Å². The van der Waals surface area contributed by atoms with E-state index >= 15 is 0 Å². The van der Waals surface area contributed by atoms with Gasteiger partial charge in [-0.3, -0.25) is 9.69 Å². The zero-order valence-corrected chi connectivity index (χ0v) is 25.6. The Balaban J connectivity index is 0.000000229. The maximum atomic E-state index is 10.4. The van der Waals surface area contributed by atoms with E-state index in [0.717, 1.165) is 82.2 Å². The highest BCUT2D eigenvalue weighted by molar-refractivity contribution is 5.75. The van der Waals surface area contributed by atoms with E-state index in [-0.39, 0.29) is 0 Å². The predicted octanol–water partition coefficient (Wildman–Crippen LogP) is 6.52. The number of likely N-dealkylation sites (N-methyl/N-ethyl adjacent to an activating group) is 1. The number of nitrogens with zero attached hydrogens (tertiary/aromatic N) is 2. The van der Waals surface area contributed by atoms with E-state index in [2.05, 4.69) is 84.5 Å². The van der Waals surface area contributed by atoms with Crippen LogP contribution in [0.5, 0.6) is 5.75 Å². The van der Waals surface area contributed by atoms with Gasteiger partial charge in [-0.15, -0.1) is 0 Å². The minimum Gasteiger partial charge on any atom is -0.471 e. The van der Waals surface area contributed by atoms with Crippen LogP contribution in [0.2, 0.25) is 0 Å². The minimum absolute atomic E-state index is 0.482. The Morgan fingerprint density at radius 1 is 0.976 bits per heavy atom. The third kappa shape index (κ3) is 6.42. The Bertz CT molecular complexity index is 1310. The van der Waals surface area contributed by atoms with Crippen molar-refractivity contribution in [3.05, 3.63) is 82.4 Å². The molecule has 0 bridgehead atoms. The first-order chi connectivity index (χ1) is 20.6. The number of anilines is 3. The summed E-state index contributed by atoms with van der Waals surface area (Å²) < 4.78 is 11.3. The van der Waals surface area contributed by atoms with E-state index < -0.39 is 0 Å². The first-order valence-electron chi connectivity index (χ1n) is 15.6. The molecule has 3 aromatic carbocycles.